The van der Waals surface area contributed by atoms with E-state index in [2.05, 4.69) is 25.2 Å². The van der Waals surface area contributed by atoms with Crippen molar-refractivity contribution in [2.24, 2.45) is 0 Å². The Morgan fingerprint density at radius 3 is 3.22 bits per heavy atom. The molecular formula is C7H11PS. The molecular weight excluding hydrogens is 147 g/mol. The van der Waals surface area contributed by atoms with Gasteiger partial charge >= 0.3 is 0 Å². The Bertz CT molecular complexity index is 138. The smallest absolute Gasteiger partial charge is 0.0164 e. The van der Waals surface area contributed by atoms with Crippen molar-refractivity contribution in [3.63, 3.8) is 0 Å². The van der Waals surface area contributed by atoms with Gasteiger partial charge in [0.05, 0.1) is 0 Å². The molecule has 0 radical (unpaired) electrons. The highest BCUT2D eigenvalue weighted by molar-refractivity contribution is 8.08. The maximum atomic E-state index is 2.23. The molecule has 0 aromatic rings. The zero-order chi connectivity index (χ0) is 6.53. The average Bonchev–Trinajstić information content (AvgIpc) is 1.91. The third-order valence-electron chi connectivity index (χ3n) is 1.07. The summed E-state index contributed by atoms with van der Waals surface area (Å²) in [6.07, 6.45) is 7.89. The molecule has 9 heavy (non-hydrogen) atoms. The van der Waals surface area contributed by atoms with Crippen LogP contribution in [0, 0.1) is 0 Å². The molecule has 0 N–H and O–H groups in total. The van der Waals surface area contributed by atoms with Crippen molar-refractivity contribution < 1.29 is 0 Å². The van der Waals surface area contributed by atoms with Crippen LogP contribution in [-0.4, -0.2) is 11.9 Å². The van der Waals surface area contributed by atoms with Gasteiger partial charge < -0.3 is 0 Å². The van der Waals surface area contributed by atoms with Gasteiger partial charge in [-0.25, -0.2) is 0 Å². The fraction of sp³-hybridized carbons (Fsp3) is 0.429. The van der Waals surface area contributed by atoms with Crippen molar-refractivity contribution in [1.29, 1.82) is 0 Å². The van der Waals surface area contributed by atoms with Crippen LogP contribution in [-0.2, 0) is 0 Å². The molecule has 0 nitrogen and oxygen atoms in total. The highest BCUT2D eigenvalue weighted by atomic mass is 32.2. The van der Waals surface area contributed by atoms with Crippen LogP contribution in [0.5, 0.6) is 0 Å². The van der Waals surface area contributed by atoms with E-state index in [-0.39, 0.29) is 0 Å². The van der Waals surface area contributed by atoms with E-state index < -0.39 is 0 Å². The molecule has 0 aromatic carbocycles. The highest BCUT2D eigenvalue weighted by Crippen LogP contribution is 2.35. The molecule has 1 heterocycles. The van der Waals surface area contributed by atoms with Crippen molar-refractivity contribution >= 4 is 20.3 Å². The Labute approximate surface area is 62.6 Å². The van der Waals surface area contributed by atoms with Crippen molar-refractivity contribution in [3.05, 3.63) is 22.9 Å². The van der Waals surface area contributed by atoms with Crippen LogP contribution < -0.4 is 0 Å². The van der Waals surface area contributed by atoms with Crippen molar-refractivity contribution in [2.45, 2.75) is 6.92 Å². The summed E-state index contributed by atoms with van der Waals surface area (Å²) < 4.78 is 1.57. The second kappa shape index (κ2) is 4.14. The second-order valence-corrected chi connectivity index (χ2v) is 4.82. The molecule has 1 aliphatic heterocycles. The van der Waals surface area contributed by atoms with Gasteiger partial charge in [0.15, 0.2) is 0 Å². The molecule has 1 rings (SSSR count). The van der Waals surface area contributed by atoms with Gasteiger partial charge in [-0.1, -0.05) is 27.7 Å². The van der Waals surface area contributed by atoms with Gasteiger partial charge in [-0.3, -0.25) is 0 Å². The van der Waals surface area contributed by atoms with Gasteiger partial charge in [-0.05, 0) is 12.2 Å². The largest absolute Gasteiger partial charge is 0.122 e. The third kappa shape index (κ3) is 2.55. The Balaban J connectivity index is 2.38. The number of hydrogen-bond acceptors (Lipinski definition) is 1. The molecule has 2 heteroatoms. The van der Waals surface area contributed by atoms with Crippen LogP contribution >= 0.6 is 20.3 Å². The lowest BCUT2D eigenvalue weighted by atomic mass is 10.5. The molecule has 0 aliphatic carbocycles. The fourth-order valence-corrected chi connectivity index (χ4v) is 2.90. The van der Waals surface area contributed by atoms with Crippen LogP contribution in [0.15, 0.2) is 22.9 Å². The predicted molar refractivity (Wildman–Crippen MR) is 48.5 cm³/mol. The van der Waals surface area contributed by atoms with E-state index in [4.69, 9.17) is 0 Å². The van der Waals surface area contributed by atoms with E-state index in [1.165, 1.54) is 11.9 Å². The lowest BCUT2D eigenvalue weighted by Crippen LogP contribution is -1.77. The number of allylic oxidation sites excluding steroid dienone is 2. The summed E-state index contributed by atoms with van der Waals surface area (Å²) in [5.41, 5.74) is 0. The van der Waals surface area contributed by atoms with Crippen molar-refractivity contribution in [3.8, 4) is 0 Å². The second-order valence-electron chi connectivity index (χ2n) is 1.80. The summed E-state index contributed by atoms with van der Waals surface area (Å²) in [6.45, 7) is 2.23. The van der Waals surface area contributed by atoms with Crippen LogP contribution in [0.3, 0.4) is 0 Å². The van der Waals surface area contributed by atoms with E-state index in [1.54, 1.807) is 4.65 Å². The van der Waals surface area contributed by atoms with Gasteiger partial charge in [-0.15, -0.1) is 11.8 Å². The first-order valence-corrected chi connectivity index (χ1v) is 5.36. The Morgan fingerprint density at radius 1 is 1.78 bits per heavy atom. The number of rotatable bonds is 2. The summed E-state index contributed by atoms with van der Waals surface area (Å²) in [5.74, 6) is 1.18. The monoisotopic (exact) mass is 158 g/mol. The van der Waals surface area contributed by atoms with E-state index in [1.807, 2.05) is 11.8 Å². The van der Waals surface area contributed by atoms with Gasteiger partial charge in [0.1, 0.15) is 0 Å². The van der Waals surface area contributed by atoms with Crippen LogP contribution in [0.1, 0.15) is 6.92 Å². The van der Waals surface area contributed by atoms with E-state index in [9.17, 15) is 0 Å². The zero-order valence-electron chi connectivity index (χ0n) is 5.55. The van der Waals surface area contributed by atoms with Crippen LogP contribution in [0.2, 0.25) is 0 Å². The fourth-order valence-electron chi connectivity index (χ4n) is 0.681. The summed E-state index contributed by atoms with van der Waals surface area (Å²) in [5, 5.41) is 0. The normalized spacial score (nSPS) is 19.0. The first-order valence-electron chi connectivity index (χ1n) is 3.17. The van der Waals surface area contributed by atoms with Crippen molar-refractivity contribution in [2.75, 3.05) is 11.9 Å². The quantitative estimate of drug-likeness (QED) is 0.557. The topological polar surface area (TPSA) is 0 Å². The Hall–Kier alpha value is 0.260. The summed E-state index contributed by atoms with van der Waals surface area (Å²) in [4.78, 5) is 0. The van der Waals surface area contributed by atoms with Crippen molar-refractivity contribution in [1.82, 2.24) is 0 Å². The lowest BCUT2D eigenvalue weighted by molar-refractivity contribution is 1.52. The minimum Gasteiger partial charge on any atom is -0.122 e. The molecule has 0 fully saturated rings. The summed E-state index contributed by atoms with van der Waals surface area (Å²) >= 11 is 1.97. The molecule has 0 aromatic heterocycles. The van der Waals surface area contributed by atoms with Gasteiger partial charge in [-0.2, -0.15) is 0 Å². The standard InChI is InChI=1S/C7H11PS/c1-2-8-7-5-3-4-6-9-7/h3-5,8H,2,6H2,1H3. The minimum absolute atomic E-state index is 1.04. The van der Waals surface area contributed by atoms with Crippen LogP contribution in [0.4, 0.5) is 0 Å². The SMILES string of the molecule is CCPC1=CC=CCS1. The molecule has 0 saturated heterocycles. The maximum Gasteiger partial charge on any atom is 0.0164 e. The molecule has 50 valence electrons. The Morgan fingerprint density at radius 2 is 2.67 bits per heavy atom. The minimum atomic E-state index is 1.04. The highest BCUT2D eigenvalue weighted by Gasteiger charge is 1.96. The maximum absolute atomic E-state index is 2.23. The van der Waals surface area contributed by atoms with Gasteiger partial charge in [0, 0.05) is 10.4 Å². The summed E-state index contributed by atoms with van der Waals surface area (Å²) in [7, 11) is 1.04. The van der Waals surface area contributed by atoms with E-state index in [0.29, 0.717) is 0 Å². The zero-order valence-corrected chi connectivity index (χ0v) is 7.37. The van der Waals surface area contributed by atoms with Gasteiger partial charge in [0.2, 0.25) is 0 Å². The third-order valence-corrected chi connectivity index (χ3v) is 3.61. The first kappa shape index (κ1) is 7.37. The molecule has 1 aliphatic rings. The summed E-state index contributed by atoms with van der Waals surface area (Å²) in [6, 6.07) is 0. The molecule has 0 spiro atoms. The first-order chi connectivity index (χ1) is 4.43. The van der Waals surface area contributed by atoms with Crippen LogP contribution in [0.25, 0.3) is 0 Å². The van der Waals surface area contributed by atoms with Gasteiger partial charge in [0.25, 0.3) is 0 Å². The number of hydrogen-bond donors (Lipinski definition) is 0. The number of thioether (sulfide) groups is 1. The molecule has 0 bridgehead atoms. The molecule has 1 atom stereocenters. The molecule has 1 unspecified atom stereocenters. The molecule has 0 saturated carbocycles. The lowest BCUT2D eigenvalue weighted by Gasteiger charge is -2.05. The van der Waals surface area contributed by atoms with E-state index in [0.717, 1.165) is 8.58 Å². The van der Waals surface area contributed by atoms with E-state index >= 15 is 0 Å². The molecule has 0 amide bonds. The Kier molecular flexibility index (Phi) is 3.39. The average molecular weight is 158 g/mol. The predicted octanol–water partition coefficient (Wildman–Crippen LogP) is 2.83.